The summed E-state index contributed by atoms with van der Waals surface area (Å²) in [4.78, 5) is 11.4. The summed E-state index contributed by atoms with van der Waals surface area (Å²) in [5, 5.41) is 20.9. The van der Waals surface area contributed by atoms with Crippen LogP contribution in [-0.4, -0.2) is 42.6 Å². The molecule has 106 valence electrons. The fourth-order valence-electron chi connectivity index (χ4n) is 1.27. The third-order valence-electron chi connectivity index (χ3n) is 2.26. The summed E-state index contributed by atoms with van der Waals surface area (Å²) in [7, 11) is 1.39. The molecule has 0 aliphatic carbocycles. The zero-order chi connectivity index (χ0) is 14.4. The highest BCUT2D eigenvalue weighted by Gasteiger charge is 2.16. The van der Waals surface area contributed by atoms with Crippen molar-refractivity contribution in [1.29, 1.82) is 0 Å². The van der Waals surface area contributed by atoms with Crippen LogP contribution in [0.25, 0.3) is 0 Å². The predicted molar refractivity (Wildman–Crippen MR) is 66.1 cm³/mol. The van der Waals surface area contributed by atoms with Crippen molar-refractivity contribution in [3.63, 3.8) is 0 Å². The number of anilines is 1. The summed E-state index contributed by atoms with van der Waals surface area (Å²) in [5.74, 6) is 4.95. The zero-order valence-corrected chi connectivity index (χ0v) is 10.3. The molecule has 2 amide bonds. The van der Waals surface area contributed by atoms with Gasteiger partial charge in [-0.3, -0.25) is 0 Å². The number of hydrogen-bond acceptors (Lipinski definition) is 5. The summed E-state index contributed by atoms with van der Waals surface area (Å²) in [6.07, 6.45) is -1.11. The van der Waals surface area contributed by atoms with Crippen molar-refractivity contribution in [3.05, 3.63) is 24.0 Å². The first-order valence-corrected chi connectivity index (χ1v) is 5.47. The Morgan fingerprint density at radius 1 is 1.63 bits per heavy atom. The second-order valence-electron chi connectivity index (χ2n) is 3.68. The maximum Gasteiger partial charge on any atom is 0.336 e. The number of benzene rings is 1. The van der Waals surface area contributed by atoms with Crippen LogP contribution in [-0.2, 0) is 0 Å². The van der Waals surface area contributed by atoms with Crippen LogP contribution in [0.5, 0.6) is 5.75 Å². The van der Waals surface area contributed by atoms with Gasteiger partial charge in [0, 0.05) is 13.1 Å². The minimum absolute atomic E-state index is 0.0152. The van der Waals surface area contributed by atoms with E-state index in [1.165, 1.54) is 13.1 Å². The molecule has 0 radical (unpaired) electrons. The summed E-state index contributed by atoms with van der Waals surface area (Å²) in [6, 6.07) is 2.81. The van der Waals surface area contributed by atoms with E-state index in [0.29, 0.717) is 0 Å². The van der Waals surface area contributed by atoms with E-state index in [-0.39, 0.29) is 18.0 Å². The molecule has 0 aliphatic heterocycles. The minimum atomic E-state index is -1.11. The Bertz CT molecular complexity index is 444. The standard InChI is InChI=1S/C11H16FN3O4/c1-14-11(18)15(13)9-3-2-7(12)4-10(9)19-6-8(17)5-16/h2-4,8,16-17H,5-6,13H2,1H3,(H,14,18)/t8-/m1/s1. The lowest BCUT2D eigenvalue weighted by Crippen LogP contribution is -2.43. The van der Waals surface area contributed by atoms with Crippen LogP contribution in [0.1, 0.15) is 0 Å². The lowest BCUT2D eigenvalue weighted by molar-refractivity contribution is 0.0536. The Hall–Kier alpha value is -1.90. The zero-order valence-electron chi connectivity index (χ0n) is 10.3. The Morgan fingerprint density at radius 3 is 2.89 bits per heavy atom. The Kier molecular flexibility index (Phi) is 5.49. The molecule has 0 aromatic heterocycles. The summed E-state index contributed by atoms with van der Waals surface area (Å²) in [5.41, 5.74) is 0.130. The van der Waals surface area contributed by atoms with Gasteiger partial charge in [-0.2, -0.15) is 0 Å². The molecule has 1 aromatic carbocycles. The number of carbonyl (C=O) groups is 1. The molecule has 0 fully saturated rings. The first-order chi connectivity index (χ1) is 8.99. The van der Waals surface area contributed by atoms with Gasteiger partial charge < -0.3 is 20.3 Å². The molecule has 0 spiro atoms. The monoisotopic (exact) mass is 273 g/mol. The van der Waals surface area contributed by atoms with Gasteiger partial charge in [0.2, 0.25) is 0 Å². The quantitative estimate of drug-likeness (QED) is 0.331. The predicted octanol–water partition coefficient (Wildman–Crippen LogP) is -0.423. The van der Waals surface area contributed by atoms with Crippen LogP contribution >= 0.6 is 0 Å². The molecular formula is C11H16FN3O4. The minimum Gasteiger partial charge on any atom is -0.488 e. The van der Waals surface area contributed by atoms with Gasteiger partial charge in [-0.25, -0.2) is 20.0 Å². The lowest BCUT2D eigenvalue weighted by Gasteiger charge is -2.20. The summed E-state index contributed by atoms with van der Waals surface area (Å²) < 4.78 is 18.3. The largest absolute Gasteiger partial charge is 0.488 e. The first-order valence-electron chi connectivity index (χ1n) is 5.47. The van der Waals surface area contributed by atoms with Gasteiger partial charge in [0.1, 0.15) is 30.0 Å². The van der Waals surface area contributed by atoms with Crippen molar-refractivity contribution in [2.75, 3.05) is 25.3 Å². The smallest absolute Gasteiger partial charge is 0.336 e. The van der Waals surface area contributed by atoms with Crippen LogP contribution in [0.4, 0.5) is 14.9 Å². The average Bonchev–Trinajstić information content (AvgIpc) is 2.43. The molecule has 5 N–H and O–H groups in total. The number of nitrogens with two attached hydrogens (primary N) is 1. The normalized spacial score (nSPS) is 11.8. The molecule has 1 aromatic rings. The van der Waals surface area contributed by atoms with Gasteiger partial charge in [0.15, 0.2) is 0 Å². The first kappa shape index (κ1) is 15.2. The average molecular weight is 273 g/mol. The number of aliphatic hydroxyl groups excluding tert-OH is 2. The molecule has 0 saturated heterocycles. The topological polar surface area (TPSA) is 108 Å². The number of rotatable bonds is 5. The molecule has 0 heterocycles. The third-order valence-corrected chi connectivity index (χ3v) is 2.26. The molecule has 0 aliphatic rings. The summed E-state index contributed by atoms with van der Waals surface area (Å²) >= 11 is 0. The van der Waals surface area contributed by atoms with Crippen molar-refractivity contribution in [1.82, 2.24) is 5.32 Å². The van der Waals surface area contributed by atoms with Crippen LogP contribution in [0.3, 0.4) is 0 Å². The SMILES string of the molecule is CNC(=O)N(N)c1ccc(F)cc1OC[C@H](O)CO. The highest BCUT2D eigenvalue weighted by atomic mass is 19.1. The molecular weight excluding hydrogens is 257 g/mol. The van der Waals surface area contributed by atoms with Gasteiger partial charge >= 0.3 is 6.03 Å². The van der Waals surface area contributed by atoms with Crippen molar-refractivity contribution in [2.45, 2.75) is 6.10 Å². The van der Waals surface area contributed by atoms with Gasteiger partial charge in [0.25, 0.3) is 0 Å². The number of ether oxygens (including phenoxy) is 1. The molecule has 19 heavy (non-hydrogen) atoms. The van der Waals surface area contributed by atoms with E-state index in [0.717, 1.165) is 17.1 Å². The fraction of sp³-hybridized carbons (Fsp3) is 0.364. The van der Waals surface area contributed by atoms with E-state index in [9.17, 15) is 14.3 Å². The number of halogens is 1. The van der Waals surface area contributed by atoms with E-state index < -0.39 is 24.6 Å². The van der Waals surface area contributed by atoms with Gasteiger partial charge in [-0.1, -0.05) is 0 Å². The van der Waals surface area contributed by atoms with Crippen LogP contribution in [0.15, 0.2) is 18.2 Å². The maximum atomic E-state index is 13.1. The summed E-state index contributed by atoms with van der Waals surface area (Å²) in [6.45, 7) is -0.749. The van der Waals surface area contributed by atoms with Gasteiger partial charge in [-0.05, 0) is 12.1 Å². The number of hydrazine groups is 1. The Balaban J connectivity index is 2.94. The second-order valence-corrected chi connectivity index (χ2v) is 3.68. The molecule has 8 heteroatoms. The van der Waals surface area contributed by atoms with Crippen LogP contribution in [0.2, 0.25) is 0 Å². The van der Waals surface area contributed by atoms with Crippen molar-refractivity contribution < 1.29 is 24.1 Å². The van der Waals surface area contributed by atoms with Crippen LogP contribution < -0.4 is 20.9 Å². The Morgan fingerprint density at radius 2 is 2.32 bits per heavy atom. The van der Waals surface area contributed by atoms with Gasteiger partial charge in [-0.15, -0.1) is 0 Å². The number of nitrogens with one attached hydrogen (secondary N) is 1. The number of nitrogens with zero attached hydrogens (tertiary/aromatic N) is 1. The molecule has 1 rings (SSSR count). The fourth-order valence-corrected chi connectivity index (χ4v) is 1.27. The van der Waals surface area contributed by atoms with E-state index in [4.69, 9.17) is 15.7 Å². The van der Waals surface area contributed by atoms with Crippen molar-refractivity contribution in [3.8, 4) is 5.75 Å². The second kappa shape index (κ2) is 6.88. The number of carbonyl (C=O) groups excluding carboxylic acids is 1. The number of amides is 2. The van der Waals surface area contributed by atoms with E-state index in [2.05, 4.69) is 5.32 Å². The van der Waals surface area contributed by atoms with Crippen LogP contribution in [0, 0.1) is 5.82 Å². The molecule has 0 saturated carbocycles. The highest BCUT2D eigenvalue weighted by molar-refractivity contribution is 5.92. The van der Waals surface area contributed by atoms with Crippen molar-refractivity contribution in [2.24, 2.45) is 5.84 Å². The highest BCUT2D eigenvalue weighted by Crippen LogP contribution is 2.27. The Labute approximate surface area is 109 Å². The molecule has 1 atom stereocenters. The molecule has 0 unspecified atom stereocenters. The molecule has 0 bridgehead atoms. The number of hydrogen-bond donors (Lipinski definition) is 4. The van der Waals surface area contributed by atoms with Gasteiger partial charge in [0.05, 0.1) is 6.61 Å². The van der Waals surface area contributed by atoms with Crippen molar-refractivity contribution >= 4 is 11.7 Å². The van der Waals surface area contributed by atoms with E-state index in [1.54, 1.807) is 0 Å². The van der Waals surface area contributed by atoms with E-state index in [1.807, 2.05) is 0 Å². The third kappa shape index (κ3) is 4.05. The number of urea groups is 1. The van der Waals surface area contributed by atoms with E-state index >= 15 is 0 Å². The lowest BCUT2D eigenvalue weighted by atomic mass is 10.2. The number of aliphatic hydroxyl groups is 2. The molecule has 7 nitrogen and oxygen atoms in total. The maximum absolute atomic E-state index is 13.1.